The maximum atomic E-state index is 14.5. The van der Waals surface area contributed by atoms with E-state index in [0.29, 0.717) is 34.5 Å². The fraction of sp³-hybridized carbons (Fsp3) is 0.211. The third-order valence-corrected chi connectivity index (χ3v) is 4.52. The van der Waals surface area contributed by atoms with Gasteiger partial charge in [0.15, 0.2) is 11.6 Å². The summed E-state index contributed by atoms with van der Waals surface area (Å²) < 4.78 is 30.8. The average Bonchev–Trinajstić information content (AvgIpc) is 2.91. The van der Waals surface area contributed by atoms with Crippen LogP contribution in [0.15, 0.2) is 41.4 Å². The second-order valence-corrected chi connectivity index (χ2v) is 6.97. The van der Waals surface area contributed by atoms with Crippen molar-refractivity contribution >= 4 is 17.3 Å². The van der Waals surface area contributed by atoms with Crippen LogP contribution in [-0.4, -0.2) is 39.5 Å². The van der Waals surface area contributed by atoms with Gasteiger partial charge in [-0.15, -0.1) is 10.2 Å². The molecule has 4 rings (SSSR count). The number of nitrogens with zero attached hydrogens (tertiary/aromatic N) is 5. The van der Waals surface area contributed by atoms with Gasteiger partial charge in [0.05, 0.1) is 23.5 Å². The van der Waals surface area contributed by atoms with Crippen molar-refractivity contribution in [3.63, 3.8) is 0 Å². The summed E-state index contributed by atoms with van der Waals surface area (Å²) in [5.74, 6) is -0.0390. The lowest BCUT2D eigenvalue weighted by atomic mass is 9.99. The van der Waals surface area contributed by atoms with Crippen LogP contribution < -0.4 is 0 Å². The molecule has 0 atom stereocenters. The van der Waals surface area contributed by atoms with Crippen LogP contribution in [0.25, 0.3) is 5.69 Å². The van der Waals surface area contributed by atoms with Crippen LogP contribution in [0.3, 0.4) is 0 Å². The monoisotopic (exact) mass is 387 g/mol. The third-order valence-electron chi connectivity index (χ3n) is 4.29. The second kappa shape index (κ2) is 6.83. The van der Waals surface area contributed by atoms with Gasteiger partial charge in [0.25, 0.3) is 0 Å². The van der Waals surface area contributed by atoms with Crippen LogP contribution in [0.2, 0.25) is 5.02 Å². The predicted molar refractivity (Wildman–Crippen MR) is 99.5 cm³/mol. The zero-order chi connectivity index (χ0) is 19.1. The summed E-state index contributed by atoms with van der Waals surface area (Å²) in [5, 5.41) is 8.93. The largest absolute Gasteiger partial charge is 0.302 e. The fourth-order valence-corrected chi connectivity index (χ4v) is 3.36. The molecule has 3 aromatic rings. The van der Waals surface area contributed by atoms with Crippen LogP contribution >= 0.6 is 11.6 Å². The van der Waals surface area contributed by atoms with Gasteiger partial charge in [0.1, 0.15) is 18.2 Å². The first-order valence-corrected chi connectivity index (χ1v) is 8.70. The van der Waals surface area contributed by atoms with Crippen molar-refractivity contribution in [3.8, 4) is 5.69 Å². The maximum absolute atomic E-state index is 14.5. The minimum atomic E-state index is -0.675. The second-order valence-electron chi connectivity index (χ2n) is 6.53. The van der Waals surface area contributed by atoms with Gasteiger partial charge in [0.2, 0.25) is 0 Å². The Labute approximate surface area is 159 Å². The Kier molecular flexibility index (Phi) is 4.49. The van der Waals surface area contributed by atoms with Crippen LogP contribution in [0.4, 0.5) is 8.78 Å². The minimum Gasteiger partial charge on any atom is -0.302 e. The van der Waals surface area contributed by atoms with E-state index in [9.17, 15) is 8.78 Å². The lowest BCUT2D eigenvalue weighted by Crippen LogP contribution is -2.17. The molecule has 1 aromatic heterocycles. The summed E-state index contributed by atoms with van der Waals surface area (Å²) >= 11 is 6.20. The summed E-state index contributed by atoms with van der Waals surface area (Å²) in [6.45, 7) is 0.703. The van der Waals surface area contributed by atoms with Gasteiger partial charge in [-0.1, -0.05) is 17.7 Å². The SMILES string of the molecule is CN(C)Cc1nnc2n1-c1ccc(Cl)cc1C(c1c(F)cccc1F)=NC2. The molecule has 0 spiro atoms. The zero-order valence-electron chi connectivity index (χ0n) is 14.7. The van der Waals surface area contributed by atoms with E-state index in [0.717, 1.165) is 0 Å². The van der Waals surface area contributed by atoms with E-state index in [1.54, 1.807) is 18.2 Å². The number of halogens is 3. The lowest BCUT2D eigenvalue weighted by Gasteiger charge is -2.16. The number of hydrogen-bond acceptors (Lipinski definition) is 4. The Morgan fingerprint density at radius 2 is 1.85 bits per heavy atom. The van der Waals surface area contributed by atoms with Crippen molar-refractivity contribution in [2.75, 3.05) is 14.1 Å². The zero-order valence-corrected chi connectivity index (χ0v) is 15.5. The molecular formula is C19H16ClF2N5. The smallest absolute Gasteiger partial charge is 0.159 e. The first kappa shape index (κ1) is 17.8. The van der Waals surface area contributed by atoms with Crippen molar-refractivity contribution in [3.05, 3.63) is 75.8 Å². The number of hydrogen-bond donors (Lipinski definition) is 0. The van der Waals surface area contributed by atoms with E-state index in [1.807, 2.05) is 23.6 Å². The maximum Gasteiger partial charge on any atom is 0.159 e. The molecule has 0 bridgehead atoms. The average molecular weight is 388 g/mol. The molecule has 0 fully saturated rings. The molecule has 0 radical (unpaired) electrons. The van der Waals surface area contributed by atoms with Crippen LogP contribution in [-0.2, 0) is 13.1 Å². The van der Waals surface area contributed by atoms with Crippen molar-refractivity contribution in [1.29, 1.82) is 0 Å². The molecule has 27 heavy (non-hydrogen) atoms. The van der Waals surface area contributed by atoms with Gasteiger partial charge in [-0.3, -0.25) is 9.56 Å². The highest BCUT2D eigenvalue weighted by Crippen LogP contribution is 2.30. The van der Waals surface area contributed by atoms with E-state index in [2.05, 4.69) is 15.2 Å². The van der Waals surface area contributed by atoms with Gasteiger partial charge in [-0.05, 0) is 44.4 Å². The number of rotatable bonds is 3. The normalized spacial score (nSPS) is 13.2. The Bertz CT molecular complexity index is 1040. The lowest BCUT2D eigenvalue weighted by molar-refractivity contribution is 0.387. The molecule has 0 saturated carbocycles. The Morgan fingerprint density at radius 3 is 2.56 bits per heavy atom. The van der Waals surface area contributed by atoms with Gasteiger partial charge in [0, 0.05) is 10.6 Å². The molecule has 0 saturated heterocycles. The summed E-state index contributed by atoms with van der Waals surface area (Å²) in [5.41, 5.74) is 1.26. The van der Waals surface area contributed by atoms with Crippen molar-refractivity contribution < 1.29 is 8.78 Å². The molecule has 0 unspecified atom stereocenters. The topological polar surface area (TPSA) is 46.3 Å². The summed E-state index contributed by atoms with van der Waals surface area (Å²) in [4.78, 5) is 6.44. The molecule has 1 aliphatic rings. The first-order chi connectivity index (χ1) is 13.0. The highest BCUT2D eigenvalue weighted by molar-refractivity contribution is 6.31. The fourth-order valence-electron chi connectivity index (χ4n) is 3.19. The summed E-state index contributed by atoms with van der Waals surface area (Å²) in [6.07, 6.45) is 0. The van der Waals surface area contributed by atoms with Gasteiger partial charge < -0.3 is 4.90 Å². The molecule has 2 aromatic carbocycles. The van der Waals surface area contributed by atoms with E-state index >= 15 is 0 Å². The Balaban J connectivity index is 1.98. The van der Waals surface area contributed by atoms with E-state index in [-0.39, 0.29) is 17.8 Å². The van der Waals surface area contributed by atoms with Crippen molar-refractivity contribution in [1.82, 2.24) is 19.7 Å². The highest BCUT2D eigenvalue weighted by Gasteiger charge is 2.26. The molecule has 8 heteroatoms. The van der Waals surface area contributed by atoms with Gasteiger partial charge in [-0.2, -0.15) is 0 Å². The van der Waals surface area contributed by atoms with E-state index in [4.69, 9.17) is 11.6 Å². The predicted octanol–water partition coefficient (Wildman–Crippen LogP) is 3.61. The molecule has 5 nitrogen and oxygen atoms in total. The molecule has 0 aliphatic carbocycles. The number of fused-ring (bicyclic) bond motifs is 3. The Hall–Kier alpha value is -2.64. The highest BCUT2D eigenvalue weighted by atomic mass is 35.5. The molecule has 0 N–H and O–H groups in total. The van der Waals surface area contributed by atoms with Gasteiger partial charge >= 0.3 is 0 Å². The molecule has 138 valence electrons. The van der Waals surface area contributed by atoms with Crippen LogP contribution in [0.1, 0.15) is 22.8 Å². The molecule has 1 aliphatic heterocycles. The molecule has 0 amide bonds. The summed E-state index contributed by atoms with van der Waals surface area (Å²) in [6, 6.07) is 8.94. The standard InChI is InChI=1S/C19H16ClF2N5/c1-26(2)10-17-25-24-16-9-23-19(18-13(21)4-3-5-14(18)22)12-8-11(20)6-7-15(12)27(16)17/h3-8H,9-10H2,1-2H3. The van der Waals surface area contributed by atoms with Crippen molar-refractivity contribution in [2.24, 2.45) is 4.99 Å². The molecule has 2 heterocycles. The third kappa shape index (κ3) is 3.13. The van der Waals surface area contributed by atoms with E-state index in [1.165, 1.54) is 18.2 Å². The number of aromatic nitrogens is 3. The summed E-state index contributed by atoms with van der Waals surface area (Å²) in [7, 11) is 3.86. The number of benzene rings is 2. The van der Waals surface area contributed by atoms with Crippen LogP contribution in [0, 0.1) is 11.6 Å². The number of aliphatic imine (C=N–C) groups is 1. The molecular weight excluding hydrogens is 372 g/mol. The first-order valence-electron chi connectivity index (χ1n) is 8.32. The van der Waals surface area contributed by atoms with Crippen molar-refractivity contribution in [2.45, 2.75) is 13.1 Å². The van der Waals surface area contributed by atoms with Gasteiger partial charge in [-0.25, -0.2) is 8.78 Å². The minimum absolute atomic E-state index is 0.149. The van der Waals surface area contributed by atoms with E-state index < -0.39 is 11.6 Å². The Morgan fingerprint density at radius 1 is 1.11 bits per heavy atom. The quantitative estimate of drug-likeness (QED) is 0.689. The van der Waals surface area contributed by atoms with Crippen LogP contribution in [0.5, 0.6) is 0 Å².